The smallest absolute Gasteiger partial charge is 0.239 e. The quantitative estimate of drug-likeness (QED) is 0.389. The molecule has 2 fully saturated rings. The largest absolute Gasteiger partial charge is 0.307 e. The Balaban J connectivity index is 1.33. The lowest BCUT2D eigenvalue weighted by molar-refractivity contribution is -0.123. The van der Waals surface area contributed by atoms with Crippen molar-refractivity contribution in [3.63, 3.8) is 0 Å². The maximum atomic E-state index is 15.2. The van der Waals surface area contributed by atoms with Gasteiger partial charge in [0.05, 0.1) is 41.0 Å². The Morgan fingerprint density at radius 3 is 2.53 bits per heavy atom. The third-order valence-corrected chi connectivity index (χ3v) is 8.38. The van der Waals surface area contributed by atoms with E-state index in [1.165, 1.54) is 37.8 Å². The molecule has 6 rings (SSSR count). The summed E-state index contributed by atoms with van der Waals surface area (Å²) in [7, 11) is 0. The molecule has 176 valence electrons. The maximum Gasteiger partial charge on any atom is 0.239 e. The summed E-state index contributed by atoms with van der Waals surface area (Å²) < 4.78 is 31.9. The molecule has 1 aromatic heterocycles. The monoisotopic (exact) mass is 574 g/mol. The van der Waals surface area contributed by atoms with E-state index in [0.717, 1.165) is 24.2 Å². The highest BCUT2D eigenvalue weighted by Gasteiger charge is 2.55. The number of nitrogens with zero attached hydrogens (tertiary/aromatic N) is 4. The number of amides is 1. The van der Waals surface area contributed by atoms with Crippen molar-refractivity contribution in [2.24, 2.45) is 0 Å². The molecular formula is C26H25F2IN4O. The zero-order chi connectivity index (χ0) is 23.4. The summed E-state index contributed by atoms with van der Waals surface area (Å²) >= 11 is 1.99. The van der Waals surface area contributed by atoms with Crippen molar-refractivity contribution >= 4 is 34.5 Å². The van der Waals surface area contributed by atoms with Crippen LogP contribution in [0.15, 0.2) is 48.8 Å². The molecule has 1 spiro atoms. The second-order valence-corrected chi connectivity index (χ2v) is 10.7. The van der Waals surface area contributed by atoms with E-state index in [1.54, 1.807) is 20.2 Å². The van der Waals surface area contributed by atoms with Crippen LogP contribution in [0.3, 0.4) is 0 Å². The van der Waals surface area contributed by atoms with Gasteiger partial charge >= 0.3 is 0 Å². The number of benzene rings is 2. The number of carbonyl (C=O) groups excluding carboxylic acids is 1. The van der Waals surface area contributed by atoms with Crippen LogP contribution in [0.25, 0.3) is 11.1 Å². The molecule has 1 amide bonds. The van der Waals surface area contributed by atoms with Gasteiger partial charge in [-0.3, -0.25) is 9.69 Å². The standard InChI is InChI=1S/C26H25F2IN4O/c27-22-11-17(18-13-30-33(29)14-18)12-23(28)20(22)15-32-24-8-4-3-7-21(24)26(25(32)34)9-10-31(16-26)19-5-1-2-6-19/h3-4,7-8,11-14,19H,1-2,5-6,9-10,15-16H2. The zero-order valence-corrected chi connectivity index (χ0v) is 20.8. The van der Waals surface area contributed by atoms with Crippen LogP contribution in [-0.4, -0.2) is 37.9 Å². The minimum Gasteiger partial charge on any atom is -0.307 e. The number of rotatable bonds is 4. The number of hydrogen-bond acceptors (Lipinski definition) is 3. The van der Waals surface area contributed by atoms with Gasteiger partial charge in [-0.05, 0) is 55.1 Å². The first-order valence-corrected chi connectivity index (χ1v) is 12.8. The summed E-state index contributed by atoms with van der Waals surface area (Å²) in [6.45, 7) is 1.46. The number of hydrogen-bond donors (Lipinski definition) is 0. The number of fused-ring (bicyclic) bond motifs is 2. The molecular weight excluding hydrogens is 549 g/mol. The van der Waals surface area contributed by atoms with Crippen molar-refractivity contribution < 1.29 is 13.6 Å². The molecule has 1 atom stereocenters. The molecule has 0 radical (unpaired) electrons. The fourth-order valence-electron chi connectivity index (χ4n) is 6.10. The summed E-state index contributed by atoms with van der Waals surface area (Å²) in [5.74, 6) is -1.34. The molecule has 0 bridgehead atoms. The molecule has 3 aromatic rings. The minimum absolute atomic E-state index is 0.0386. The molecule has 2 aromatic carbocycles. The van der Waals surface area contributed by atoms with Crippen LogP contribution < -0.4 is 4.90 Å². The normalized spacial score (nSPS) is 22.9. The van der Waals surface area contributed by atoms with E-state index in [9.17, 15) is 4.79 Å². The van der Waals surface area contributed by atoms with E-state index in [0.29, 0.717) is 23.7 Å². The van der Waals surface area contributed by atoms with Gasteiger partial charge in [0.2, 0.25) is 5.91 Å². The SMILES string of the molecule is O=C1N(Cc2c(F)cc(-c3cnn(I)c3)cc2F)c2ccccc2C12CCN(C1CCCC1)C2. The fraction of sp³-hybridized carbons (Fsp3) is 0.385. The van der Waals surface area contributed by atoms with Crippen molar-refractivity contribution in [3.05, 3.63) is 71.6 Å². The number of anilines is 1. The summed E-state index contributed by atoms with van der Waals surface area (Å²) in [4.78, 5) is 18.0. The van der Waals surface area contributed by atoms with E-state index in [-0.39, 0.29) is 18.0 Å². The average molecular weight is 574 g/mol. The van der Waals surface area contributed by atoms with Crippen molar-refractivity contribution in [1.82, 2.24) is 12.9 Å². The predicted molar refractivity (Wildman–Crippen MR) is 135 cm³/mol. The average Bonchev–Trinajstić information content (AvgIpc) is 3.61. The minimum atomic E-state index is -0.651. The molecule has 8 heteroatoms. The maximum absolute atomic E-state index is 15.2. The predicted octanol–water partition coefficient (Wildman–Crippen LogP) is 5.46. The van der Waals surface area contributed by atoms with Crippen molar-refractivity contribution in [1.29, 1.82) is 0 Å². The fourth-order valence-corrected chi connectivity index (χ4v) is 6.52. The van der Waals surface area contributed by atoms with Crippen LogP contribution in [0.1, 0.15) is 43.2 Å². The van der Waals surface area contributed by atoms with E-state index in [4.69, 9.17) is 0 Å². The second kappa shape index (κ2) is 8.41. The van der Waals surface area contributed by atoms with Crippen molar-refractivity contribution in [2.75, 3.05) is 18.0 Å². The van der Waals surface area contributed by atoms with Gasteiger partial charge in [-0.2, -0.15) is 5.10 Å². The Kier molecular flexibility index (Phi) is 5.48. The first kappa shape index (κ1) is 22.2. The molecule has 3 aliphatic rings. The van der Waals surface area contributed by atoms with Gasteiger partial charge in [0.15, 0.2) is 0 Å². The number of aromatic nitrogens is 2. The number of halogens is 3. The molecule has 2 aliphatic heterocycles. The third kappa shape index (κ3) is 3.48. The molecule has 1 unspecified atom stereocenters. The van der Waals surface area contributed by atoms with Crippen LogP contribution in [0.5, 0.6) is 0 Å². The Morgan fingerprint density at radius 2 is 1.82 bits per heavy atom. The lowest BCUT2D eigenvalue weighted by Gasteiger charge is -2.27. The van der Waals surface area contributed by atoms with Crippen LogP contribution in [0.2, 0.25) is 0 Å². The second-order valence-electron chi connectivity index (χ2n) is 9.69. The Bertz CT molecular complexity index is 1250. The van der Waals surface area contributed by atoms with Crippen LogP contribution in [0.4, 0.5) is 14.5 Å². The van der Waals surface area contributed by atoms with Crippen molar-refractivity contribution in [3.8, 4) is 11.1 Å². The molecule has 34 heavy (non-hydrogen) atoms. The van der Waals surface area contributed by atoms with Crippen LogP contribution in [0, 0.1) is 11.6 Å². The highest BCUT2D eigenvalue weighted by Crippen LogP contribution is 2.49. The first-order chi connectivity index (χ1) is 16.5. The lowest BCUT2D eigenvalue weighted by Crippen LogP contribution is -2.43. The van der Waals surface area contributed by atoms with E-state index in [1.807, 2.05) is 47.1 Å². The van der Waals surface area contributed by atoms with Crippen molar-refractivity contribution in [2.45, 2.75) is 50.1 Å². The van der Waals surface area contributed by atoms with E-state index >= 15 is 8.78 Å². The molecule has 5 nitrogen and oxygen atoms in total. The molecule has 0 N–H and O–H groups in total. The van der Waals surface area contributed by atoms with Gasteiger partial charge in [-0.1, -0.05) is 31.0 Å². The molecule has 1 aliphatic carbocycles. The lowest BCUT2D eigenvalue weighted by atomic mass is 9.81. The highest BCUT2D eigenvalue weighted by molar-refractivity contribution is 14.1. The third-order valence-electron chi connectivity index (χ3n) is 7.85. The molecule has 1 saturated carbocycles. The number of likely N-dealkylation sites (tertiary alicyclic amines) is 1. The Hall–Kier alpha value is -2.33. The van der Waals surface area contributed by atoms with E-state index < -0.39 is 17.0 Å². The molecule has 3 heterocycles. The van der Waals surface area contributed by atoms with Gasteiger partial charge in [0.1, 0.15) is 11.6 Å². The zero-order valence-electron chi connectivity index (χ0n) is 18.7. The Labute approximate surface area is 211 Å². The number of carbonyl (C=O) groups is 1. The summed E-state index contributed by atoms with van der Waals surface area (Å²) in [6.07, 6.45) is 8.90. The molecule has 1 saturated heterocycles. The van der Waals surface area contributed by atoms with Gasteiger partial charge in [-0.25, -0.2) is 11.7 Å². The van der Waals surface area contributed by atoms with Gasteiger partial charge in [0.25, 0.3) is 0 Å². The van der Waals surface area contributed by atoms with Crippen LogP contribution in [-0.2, 0) is 16.8 Å². The summed E-state index contributed by atoms with van der Waals surface area (Å²) in [5, 5.41) is 4.07. The Morgan fingerprint density at radius 1 is 1.09 bits per heavy atom. The topological polar surface area (TPSA) is 41.4 Å². The first-order valence-electron chi connectivity index (χ1n) is 11.8. The summed E-state index contributed by atoms with van der Waals surface area (Å²) in [5.41, 5.74) is 2.12. The highest BCUT2D eigenvalue weighted by atomic mass is 127. The van der Waals surface area contributed by atoms with Gasteiger partial charge in [-0.15, -0.1) is 0 Å². The van der Waals surface area contributed by atoms with Gasteiger partial charge in [0, 0.05) is 35.6 Å². The summed E-state index contributed by atoms with van der Waals surface area (Å²) in [6, 6.07) is 11.0. The van der Waals surface area contributed by atoms with E-state index in [2.05, 4.69) is 10.00 Å². The van der Waals surface area contributed by atoms with Crippen LogP contribution >= 0.6 is 22.9 Å². The number of para-hydroxylation sites is 1. The van der Waals surface area contributed by atoms with Gasteiger partial charge < -0.3 is 4.90 Å².